The van der Waals surface area contributed by atoms with Crippen molar-refractivity contribution in [3.05, 3.63) is 47.6 Å². The van der Waals surface area contributed by atoms with Gasteiger partial charge in [-0.3, -0.25) is 4.90 Å². The lowest BCUT2D eigenvalue weighted by molar-refractivity contribution is -0.148. The van der Waals surface area contributed by atoms with Gasteiger partial charge in [-0.15, -0.1) is 0 Å². The van der Waals surface area contributed by atoms with Crippen LogP contribution in [0.2, 0.25) is 0 Å². The number of esters is 1. The Hall–Kier alpha value is -2.07. The molecule has 2 fully saturated rings. The molecule has 23 heavy (non-hydrogen) atoms. The number of phenols is 1. The van der Waals surface area contributed by atoms with Crippen LogP contribution >= 0.6 is 0 Å². The minimum absolute atomic E-state index is 0.209. The number of nitrogens with zero attached hydrogens (tertiary/aromatic N) is 1. The van der Waals surface area contributed by atoms with Crippen LogP contribution in [-0.2, 0) is 9.53 Å². The van der Waals surface area contributed by atoms with Gasteiger partial charge in [0.05, 0.1) is 6.04 Å². The third-order valence-electron chi connectivity index (χ3n) is 5.87. The molecule has 5 rings (SSSR count). The maximum absolute atomic E-state index is 12.0. The molecule has 4 heteroatoms. The minimum atomic E-state index is -0.428. The van der Waals surface area contributed by atoms with E-state index in [0.29, 0.717) is 6.04 Å². The van der Waals surface area contributed by atoms with Crippen molar-refractivity contribution in [2.75, 3.05) is 6.54 Å². The highest BCUT2D eigenvalue weighted by molar-refractivity contribution is 5.91. The second kappa shape index (κ2) is 4.48. The van der Waals surface area contributed by atoms with Gasteiger partial charge in [-0.05, 0) is 48.7 Å². The first-order chi connectivity index (χ1) is 11.2. The van der Waals surface area contributed by atoms with Gasteiger partial charge in [0.15, 0.2) is 5.60 Å². The Morgan fingerprint density at radius 1 is 1.26 bits per heavy atom. The normalized spacial score (nSPS) is 35.2. The number of hydrogen-bond acceptors (Lipinski definition) is 4. The number of ether oxygens (including phenoxy) is 1. The zero-order valence-corrected chi connectivity index (χ0v) is 12.9. The monoisotopic (exact) mass is 309 g/mol. The van der Waals surface area contributed by atoms with Crippen molar-refractivity contribution in [3.63, 3.8) is 0 Å². The summed E-state index contributed by atoms with van der Waals surface area (Å²) in [7, 11) is 0. The van der Waals surface area contributed by atoms with Gasteiger partial charge in [0.1, 0.15) is 5.75 Å². The fourth-order valence-electron chi connectivity index (χ4n) is 4.98. The molecule has 1 spiro atoms. The fraction of sp³-hybridized carbons (Fsp3) is 0.421. The third kappa shape index (κ3) is 1.73. The molecule has 0 unspecified atom stereocenters. The van der Waals surface area contributed by atoms with Crippen molar-refractivity contribution in [2.24, 2.45) is 0 Å². The van der Waals surface area contributed by atoms with Crippen LogP contribution in [0, 0.1) is 0 Å². The van der Waals surface area contributed by atoms with Crippen molar-refractivity contribution in [2.45, 2.75) is 43.4 Å². The molecule has 3 heterocycles. The molecule has 118 valence electrons. The van der Waals surface area contributed by atoms with Gasteiger partial charge in [0, 0.05) is 24.1 Å². The lowest BCUT2D eigenvalue weighted by Gasteiger charge is -2.37. The first kappa shape index (κ1) is 13.4. The van der Waals surface area contributed by atoms with E-state index >= 15 is 0 Å². The average Bonchev–Trinajstić information content (AvgIpc) is 3.03. The molecule has 2 saturated heterocycles. The summed E-state index contributed by atoms with van der Waals surface area (Å²) in [6.45, 7) is 1.05. The summed E-state index contributed by atoms with van der Waals surface area (Å²) in [4.78, 5) is 14.5. The summed E-state index contributed by atoms with van der Waals surface area (Å²) in [5, 5.41) is 9.84. The first-order valence-electron chi connectivity index (χ1n) is 8.39. The SMILES string of the molecule is O=C1C=C2C=C(c3cccc(O)c3)[C@@H]3C[C@@]2(O1)[C@H]1CCCCN31. The van der Waals surface area contributed by atoms with Gasteiger partial charge < -0.3 is 9.84 Å². The number of benzene rings is 1. The molecule has 1 aromatic carbocycles. The van der Waals surface area contributed by atoms with Gasteiger partial charge in [0.2, 0.25) is 0 Å². The highest BCUT2D eigenvalue weighted by atomic mass is 16.6. The van der Waals surface area contributed by atoms with Crippen LogP contribution in [0.4, 0.5) is 0 Å². The molecule has 1 N–H and O–H groups in total. The molecule has 4 aliphatic rings. The van der Waals surface area contributed by atoms with Gasteiger partial charge in [-0.1, -0.05) is 18.6 Å². The number of aromatic hydroxyl groups is 1. The van der Waals surface area contributed by atoms with Crippen molar-refractivity contribution >= 4 is 11.5 Å². The first-order valence-corrected chi connectivity index (χ1v) is 8.39. The van der Waals surface area contributed by atoms with Crippen LogP contribution < -0.4 is 0 Å². The molecule has 0 aromatic heterocycles. The second-order valence-electron chi connectivity index (χ2n) is 7.03. The van der Waals surface area contributed by atoms with Gasteiger partial charge >= 0.3 is 5.97 Å². The zero-order chi connectivity index (χ0) is 15.6. The van der Waals surface area contributed by atoms with Crippen LogP contribution in [0.5, 0.6) is 5.75 Å². The number of phenolic OH excluding ortho intramolecular Hbond substituents is 1. The van der Waals surface area contributed by atoms with Crippen LogP contribution in [-0.4, -0.2) is 40.2 Å². The molecule has 1 aromatic rings. The Bertz CT molecular complexity index is 766. The third-order valence-corrected chi connectivity index (χ3v) is 5.87. The van der Waals surface area contributed by atoms with E-state index in [9.17, 15) is 9.90 Å². The summed E-state index contributed by atoms with van der Waals surface area (Å²) < 4.78 is 5.85. The molecule has 3 aliphatic heterocycles. The van der Waals surface area contributed by atoms with E-state index in [4.69, 9.17) is 4.74 Å². The molecule has 0 saturated carbocycles. The summed E-state index contributed by atoms with van der Waals surface area (Å²) in [6, 6.07) is 7.98. The topological polar surface area (TPSA) is 49.8 Å². The quantitative estimate of drug-likeness (QED) is 0.810. The van der Waals surface area contributed by atoms with Crippen molar-refractivity contribution in [1.29, 1.82) is 0 Å². The Labute approximate surface area is 135 Å². The van der Waals surface area contributed by atoms with Crippen LogP contribution in [0.1, 0.15) is 31.2 Å². The Balaban J connectivity index is 1.67. The van der Waals surface area contributed by atoms with Crippen molar-refractivity contribution < 1.29 is 14.6 Å². The molecular formula is C19H19NO3. The number of hydrogen-bond donors (Lipinski definition) is 1. The summed E-state index contributed by atoms with van der Waals surface area (Å²) in [5.74, 6) is 0.0701. The molecule has 1 aliphatic carbocycles. The van der Waals surface area contributed by atoms with Crippen LogP contribution in [0.15, 0.2) is 42.0 Å². The Morgan fingerprint density at radius 2 is 2.17 bits per heavy atom. The number of fused-ring (bicyclic) bond motifs is 3. The second-order valence-corrected chi connectivity index (χ2v) is 7.03. The molecule has 2 bridgehead atoms. The van der Waals surface area contributed by atoms with Crippen molar-refractivity contribution in [1.82, 2.24) is 4.90 Å². The van der Waals surface area contributed by atoms with Gasteiger partial charge in [0.25, 0.3) is 0 Å². The molecule has 4 nitrogen and oxygen atoms in total. The predicted molar refractivity (Wildman–Crippen MR) is 85.7 cm³/mol. The lowest BCUT2D eigenvalue weighted by Crippen LogP contribution is -2.48. The average molecular weight is 309 g/mol. The van der Waals surface area contributed by atoms with Gasteiger partial charge in [-0.2, -0.15) is 0 Å². The maximum Gasteiger partial charge on any atom is 0.332 e. The van der Waals surface area contributed by atoms with E-state index in [2.05, 4.69) is 11.0 Å². The Morgan fingerprint density at radius 3 is 3.04 bits per heavy atom. The number of piperidine rings is 1. The summed E-state index contributed by atoms with van der Waals surface area (Å²) in [5.41, 5.74) is 2.83. The van der Waals surface area contributed by atoms with E-state index in [1.54, 1.807) is 12.1 Å². The zero-order valence-electron chi connectivity index (χ0n) is 12.9. The van der Waals surface area contributed by atoms with Crippen LogP contribution in [0.25, 0.3) is 5.57 Å². The fourth-order valence-corrected chi connectivity index (χ4v) is 4.98. The van der Waals surface area contributed by atoms with Crippen molar-refractivity contribution in [3.8, 4) is 5.75 Å². The lowest BCUT2D eigenvalue weighted by atomic mass is 9.77. The molecule has 3 atom stereocenters. The predicted octanol–water partition coefficient (Wildman–Crippen LogP) is 2.64. The summed E-state index contributed by atoms with van der Waals surface area (Å²) in [6.07, 6.45) is 8.12. The molecular weight excluding hydrogens is 290 g/mol. The highest BCUT2D eigenvalue weighted by Crippen LogP contribution is 2.55. The number of carbonyl (C=O) groups excluding carboxylic acids is 1. The van der Waals surface area contributed by atoms with E-state index < -0.39 is 5.60 Å². The highest BCUT2D eigenvalue weighted by Gasteiger charge is 2.61. The standard InChI is InChI=1S/C19H19NO3/c21-14-5-3-4-12(8-14)15-9-13-10-18(22)23-19(13)11-16(15)20-7-2-1-6-17(19)20/h3-5,8-10,16-17,21H,1-2,6-7,11H2/t16-,17+,19-/m0/s1. The summed E-state index contributed by atoms with van der Waals surface area (Å²) >= 11 is 0. The van der Waals surface area contributed by atoms with E-state index in [-0.39, 0.29) is 17.8 Å². The largest absolute Gasteiger partial charge is 0.508 e. The van der Waals surface area contributed by atoms with Gasteiger partial charge in [-0.25, -0.2) is 4.79 Å². The maximum atomic E-state index is 12.0. The van der Waals surface area contributed by atoms with E-state index in [0.717, 1.165) is 30.5 Å². The van der Waals surface area contributed by atoms with Crippen LogP contribution in [0.3, 0.4) is 0 Å². The number of rotatable bonds is 1. The smallest absolute Gasteiger partial charge is 0.332 e. The molecule has 0 amide bonds. The minimum Gasteiger partial charge on any atom is -0.508 e. The van der Waals surface area contributed by atoms with E-state index in [1.807, 2.05) is 18.2 Å². The Kier molecular flexibility index (Phi) is 2.61. The molecule has 0 radical (unpaired) electrons. The van der Waals surface area contributed by atoms with E-state index in [1.165, 1.54) is 18.4 Å². The number of carbonyl (C=O) groups is 1.